The Morgan fingerprint density at radius 2 is 1.56 bits per heavy atom. The summed E-state index contributed by atoms with van der Waals surface area (Å²) >= 11 is 0. The standard InChI is InChI=1S/C13H20O.C3H6O/c1-4-5-11-6-8-12(9-7-11)10-13(2,3)14;1-2-3-4/h6-9,14H,4-5,10H2,1-3H3;3H,2H2,1H3. The summed E-state index contributed by atoms with van der Waals surface area (Å²) in [6.45, 7) is 7.68. The maximum absolute atomic E-state index is 9.64. The van der Waals surface area contributed by atoms with Gasteiger partial charge in [-0.3, -0.25) is 0 Å². The summed E-state index contributed by atoms with van der Waals surface area (Å²) in [5.74, 6) is 0. The monoisotopic (exact) mass is 250 g/mol. The van der Waals surface area contributed by atoms with Gasteiger partial charge >= 0.3 is 0 Å². The minimum atomic E-state index is -0.605. The Hall–Kier alpha value is -1.15. The van der Waals surface area contributed by atoms with Crippen molar-refractivity contribution in [3.05, 3.63) is 35.4 Å². The Balaban J connectivity index is 0.000000631. The van der Waals surface area contributed by atoms with E-state index >= 15 is 0 Å². The Morgan fingerprint density at radius 3 is 1.89 bits per heavy atom. The third-order valence-electron chi connectivity index (χ3n) is 2.37. The molecule has 0 unspecified atom stereocenters. The van der Waals surface area contributed by atoms with Crippen molar-refractivity contribution >= 4 is 6.29 Å². The summed E-state index contributed by atoms with van der Waals surface area (Å²) in [4.78, 5) is 9.17. The molecule has 0 atom stereocenters. The van der Waals surface area contributed by atoms with Crippen LogP contribution in [-0.2, 0) is 17.6 Å². The molecule has 0 aliphatic rings. The molecule has 2 nitrogen and oxygen atoms in total. The van der Waals surface area contributed by atoms with Gasteiger partial charge in [-0.1, -0.05) is 44.5 Å². The van der Waals surface area contributed by atoms with Crippen LogP contribution in [-0.4, -0.2) is 17.0 Å². The first-order chi connectivity index (χ1) is 8.42. The van der Waals surface area contributed by atoms with Gasteiger partial charge in [-0.15, -0.1) is 0 Å². The molecule has 0 aliphatic carbocycles. The van der Waals surface area contributed by atoms with E-state index < -0.39 is 5.60 Å². The minimum Gasteiger partial charge on any atom is -0.390 e. The van der Waals surface area contributed by atoms with Crippen molar-refractivity contribution < 1.29 is 9.90 Å². The highest BCUT2D eigenvalue weighted by atomic mass is 16.3. The summed E-state index contributed by atoms with van der Waals surface area (Å²) in [5, 5.41) is 9.64. The van der Waals surface area contributed by atoms with E-state index in [1.165, 1.54) is 17.5 Å². The number of aryl methyl sites for hydroxylation is 1. The van der Waals surface area contributed by atoms with Crippen molar-refractivity contribution in [2.24, 2.45) is 0 Å². The van der Waals surface area contributed by atoms with Crippen LogP contribution in [0.25, 0.3) is 0 Å². The Morgan fingerprint density at radius 1 is 1.11 bits per heavy atom. The minimum absolute atomic E-state index is 0.605. The largest absolute Gasteiger partial charge is 0.390 e. The molecule has 18 heavy (non-hydrogen) atoms. The first-order valence-corrected chi connectivity index (χ1v) is 6.66. The molecule has 0 saturated heterocycles. The normalized spacial score (nSPS) is 10.5. The van der Waals surface area contributed by atoms with Gasteiger partial charge in [0.2, 0.25) is 0 Å². The molecule has 0 bridgehead atoms. The van der Waals surface area contributed by atoms with Gasteiger partial charge in [-0.05, 0) is 31.4 Å². The van der Waals surface area contributed by atoms with Gasteiger partial charge in [-0.2, -0.15) is 0 Å². The van der Waals surface area contributed by atoms with E-state index in [1.54, 1.807) is 0 Å². The lowest BCUT2D eigenvalue weighted by Crippen LogP contribution is -2.21. The first kappa shape index (κ1) is 16.9. The Kier molecular flexibility index (Phi) is 8.30. The summed E-state index contributed by atoms with van der Waals surface area (Å²) in [6, 6.07) is 8.54. The van der Waals surface area contributed by atoms with Crippen molar-refractivity contribution in [3.63, 3.8) is 0 Å². The van der Waals surface area contributed by atoms with E-state index in [9.17, 15) is 9.90 Å². The van der Waals surface area contributed by atoms with Gasteiger partial charge < -0.3 is 9.90 Å². The Labute approximate surface area is 111 Å². The lowest BCUT2D eigenvalue weighted by molar-refractivity contribution is -0.107. The number of hydrogen-bond acceptors (Lipinski definition) is 2. The topological polar surface area (TPSA) is 37.3 Å². The number of rotatable bonds is 5. The zero-order valence-corrected chi connectivity index (χ0v) is 12.1. The van der Waals surface area contributed by atoms with Crippen molar-refractivity contribution in [3.8, 4) is 0 Å². The fourth-order valence-electron chi connectivity index (χ4n) is 1.61. The number of carbonyl (C=O) groups is 1. The van der Waals surface area contributed by atoms with E-state index in [0.29, 0.717) is 6.42 Å². The van der Waals surface area contributed by atoms with Crippen LogP contribution in [0.1, 0.15) is 51.7 Å². The van der Waals surface area contributed by atoms with Crippen LogP contribution < -0.4 is 0 Å². The average Bonchev–Trinajstić information content (AvgIpc) is 2.31. The van der Waals surface area contributed by atoms with Gasteiger partial charge in [-0.25, -0.2) is 0 Å². The summed E-state index contributed by atoms with van der Waals surface area (Å²) in [7, 11) is 0. The van der Waals surface area contributed by atoms with Gasteiger partial charge in [0.25, 0.3) is 0 Å². The molecule has 102 valence electrons. The van der Waals surface area contributed by atoms with Gasteiger partial charge in [0, 0.05) is 12.8 Å². The van der Waals surface area contributed by atoms with Crippen LogP contribution >= 0.6 is 0 Å². The molecule has 2 heteroatoms. The summed E-state index contributed by atoms with van der Waals surface area (Å²) in [6.07, 6.45) is 4.56. The smallest absolute Gasteiger partial charge is 0.119 e. The molecule has 0 amide bonds. The van der Waals surface area contributed by atoms with Crippen LogP contribution in [0.3, 0.4) is 0 Å². The molecular weight excluding hydrogens is 224 g/mol. The predicted molar refractivity (Wildman–Crippen MR) is 76.8 cm³/mol. The number of aliphatic hydroxyl groups is 1. The molecular formula is C16H26O2. The van der Waals surface area contributed by atoms with E-state index in [4.69, 9.17) is 0 Å². The van der Waals surface area contributed by atoms with Crippen molar-refractivity contribution in [1.29, 1.82) is 0 Å². The Bertz CT molecular complexity index is 320. The first-order valence-electron chi connectivity index (χ1n) is 6.66. The zero-order valence-electron chi connectivity index (χ0n) is 12.1. The molecule has 0 fully saturated rings. The van der Waals surface area contributed by atoms with Crippen LogP contribution in [0.5, 0.6) is 0 Å². The second-order valence-corrected chi connectivity index (χ2v) is 5.13. The molecule has 0 radical (unpaired) electrons. The highest BCUT2D eigenvalue weighted by molar-refractivity contribution is 5.48. The lowest BCUT2D eigenvalue weighted by Gasteiger charge is -2.16. The second-order valence-electron chi connectivity index (χ2n) is 5.13. The zero-order chi connectivity index (χ0) is 14.0. The summed E-state index contributed by atoms with van der Waals surface area (Å²) in [5.41, 5.74) is 1.98. The van der Waals surface area contributed by atoms with E-state index in [1.807, 2.05) is 20.8 Å². The fraction of sp³-hybridized carbons (Fsp3) is 0.562. The number of hydrogen-bond donors (Lipinski definition) is 1. The van der Waals surface area contributed by atoms with Crippen molar-refractivity contribution in [2.45, 2.75) is 59.0 Å². The number of carbonyl (C=O) groups excluding carboxylic acids is 1. The maximum Gasteiger partial charge on any atom is 0.119 e. The van der Waals surface area contributed by atoms with E-state index in [2.05, 4.69) is 31.2 Å². The van der Waals surface area contributed by atoms with Crippen molar-refractivity contribution in [2.75, 3.05) is 0 Å². The molecule has 0 spiro atoms. The van der Waals surface area contributed by atoms with Crippen LogP contribution in [0.15, 0.2) is 24.3 Å². The molecule has 1 aromatic carbocycles. The van der Waals surface area contributed by atoms with Gasteiger partial charge in [0.15, 0.2) is 0 Å². The van der Waals surface area contributed by atoms with Crippen molar-refractivity contribution in [1.82, 2.24) is 0 Å². The van der Waals surface area contributed by atoms with Gasteiger partial charge in [0.05, 0.1) is 5.60 Å². The van der Waals surface area contributed by atoms with Crippen LogP contribution in [0, 0.1) is 0 Å². The average molecular weight is 250 g/mol. The highest BCUT2D eigenvalue weighted by Crippen LogP contribution is 2.13. The SMILES string of the molecule is CCC=O.CCCc1ccc(CC(C)(C)O)cc1. The third kappa shape index (κ3) is 8.94. The fourth-order valence-corrected chi connectivity index (χ4v) is 1.61. The highest BCUT2D eigenvalue weighted by Gasteiger charge is 2.12. The van der Waals surface area contributed by atoms with Crippen LogP contribution in [0.4, 0.5) is 0 Å². The van der Waals surface area contributed by atoms with E-state index in [-0.39, 0.29) is 0 Å². The predicted octanol–water partition coefficient (Wildman–Crippen LogP) is 3.55. The quantitative estimate of drug-likeness (QED) is 0.811. The maximum atomic E-state index is 9.64. The van der Waals surface area contributed by atoms with E-state index in [0.717, 1.165) is 19.1 Å². The molecule has 0 aliphatic heterocycles. The van der Waals surface area contributed by atoms with Gasteiger partial charge in [0.1, 0.15) is 6.29 Å². The van der Waals surface area contributed by atoms with Crippen LogP contribution in [0.2, 0.25) is 0 Å². The number of aldehydes is 1. The molecule has 1 rings (SSSR count). The molecule has 0 saturated carbocycles. The second kappa shape index (κ2) is 8.87. The third-order valence-corrected chi connectivity index (χ3v) is 2.37. The molecule has 1 N–H and O–H groups in total. The summed E-state index contributed by atoms with van der Waals surface area (Å²) < 4.78 is 0. The molecule has 0 aromatic heterocycles. The lowest BCUT2D eigenvalue weighted by atomic mass is 9.97. The number of benzene rings is 1. The molecule has 1 aromatic rings. The molecule has 0 heterocycles.